The molecule has 0 radical (unpaired) electrons. The lowest BCUT2D eigenvalue weighted by atomic mass is 9.86. The van der Waals surface area contributed by atoms with Crippen molar-refractivity contribution in [3.05, 3.63) is 35.4 Å². The van der Waals surface area contributed by atoms with Gasteiger partial charge >= 0.3 is 12.0 Å². The van der Waals surface area contributed by atoms with E-state index in [1.54, 1.807) is 18.2 Å². The van der Waals surface area contributed by atoms with Crippen LogP contribution in [0.1, 0.15) is 41.6 Å². The lowest BCUT2D eigenvalue weighted by Crippen LogP contribution is -2.44. The Morgan fingerprint density at radius 1 is 1.17 bits per heavy atom. The number of rotatable bonds is 6. The molecule has 0 atom stereocenters. The third-order valence-corrected chi connectivity index (χ3v) is 4.32. The summed E-state index contributed by atoms with van der Waals surface area (Å²) in [5.74, 6) is -1.51. The number of primary amides is 1. The summed E-state index contributed by atoms with van der Waals surface area (Å²) in [7, 11) is 0. The molecule has 1 aliphatic carbocycles. The molecule has 0 heterocycles. The number of nitrogens with one attached hydrogen (secondary N) is 2. The summed E-state index contributed by atoms with van der Waals surface area (Å²) in [5.41, 5.74) is 6.61. The van der Waals surface area contributed by atoms with Crippen molar-refractivity contribution in [2.45, 2.75) is 38.1 Å². The molecule has 7 nitrogen and oxygen atoms in total. The molecular formula is C17H23N3O4. The zero-order valence-corrected chi connectivity index (χ0v) is 13.5. The summed E-state index contributed by atoms with van der Waals surface area (Å²) in [5, 5.41) is 14.6. The molecule has 0 aromatic heterocycles. The van der Waals surface area contributed by atoms with Gasteiger partial charge in [-0.15, -0.1) is 0 Å². The van der Waals surface area contributed by atoms with Crippen molar-refractivity contribution in [1.29, 1.82) is 0 Å². The molecule has 0 unspecified atom stereocenters. The van der Waals surface area contributed by atoms with E-state index in [0.29, 0.717) is 44.2 Å². The minimum Gasteiger partial charge on any atom is -0.481 e. The third kappa shape index (κ3) is 5.26. The van der Waals surface area contributed by atoms with E-state index in [1.807, 2.05) is 6.07 Å². The number of carboxylic acids is 1. The molecule has 0 bridgehead atoms. The number of hydrogen-bond acceptors (Lipinski definition) is 3. The normalized spacial score (nSPS) is 20.2. The fourth-order valence-corrected chi connectivity index (χ4v) is 2.92. The fraction of sp³-hybridized carbons (Fsp3) is 0.471. The van der Waals surface area contributed by atoms with Gasteiger partial charge in [0.1, 0.15) is 0 Å². The molecule has 1 saturated carbocycles. The van der Waals surface area contributed by atoms with E-state index in [0.717, 1.165) is 5.56 Å². The minimum atomic E-state index is -0.754. The molecule has 0 saturated heterocycles. The molecule has 24 heavy (non-hydrogen) atoms. The zero-order valence-electron chi connectivity index (χ0n) is 13.5. The number of carbonyl (C=O) groups excluding carboxylic acids is 2. The molecule has 130 valence electrons. The van der Waals surface area contributed by atoms with Gasteiger partial charge in [-0.2, -0.15) is 0 Å². The van der Waals surface area contributed by atoms with Crippen molar-refractivity contribution in [3.8, 4) is 0 Å². The van der Waals surface area contributed by atoms with Gasteiger partial charge in [0.15, 0.2) is 0 Å². The molecule has 1 aliphatic rings. The maximum Gasteiger partial charge on any atom is 0.315 e. The van der Waals surface area contributed by atoms with Crippen molar-refractivity contribution in [2.24, 2.45) is 11.7 Å². The highest BCUT2D eigenvalue weighted by atomic mass is 16.4. The molecule has 1 aromatic carbocycles. The Hall–Kier alpha value is -2.57. The van der Waals surface area contributed by atoms with Gasteiger partial charge in [0, 0.05) is 18.2 Å². The van der Waals surface area contributed by atoms with Gasteiger partial charge in [-0.3, -0.25) is 9.59 Å². The number of carbonyl (C=O) groups is 3. The average molecular weight is 333 g/mol. The number of urea groups is 1. The molecule has 2 rings (SSSR count). The summed E-state index contributed by atoms with van der Waals surface area (Å²) in [4.78, 5) is 33.9. The Labute approximate surface area is 140 Å². The van der Waals surface area contributed by atoms with Crippen LogP contribution in [0.3, 0.4) is 0 Å². The minimum absolute atomic E-state index is 0.0267. The highest BCUT2D eigenvalue weighted by molar-refractivity contribution is 5.92. The van der Waals surface area contributed by atoms with Gasteiger partial charge < -0.3 is 21.5 Å². The summed E-state index contributed by atoms with van der Waals surface area (Å²) in [6.07, 6.45) is 3.16. The maximum absolute atomic E-state index is 11.9. The molecular weight excluding hydrogens is 310 g/mol. The molecule has 0 aliphatic heterocycles. The van der Waals surface area contributed by atoms with E-state index in [4.69, 9.17) is 10.8 Å². The van der Waals surface area contributed by atoms with Gasteiger partial charge in [-0.25, -0.2) is 4.79 Å². The van der Waals surface area contributed by atoms with Crippen molar-refractivity contribution < 1.29 is 19.5 Å². The van der Waals surface area contributed by atoms with Crippen molar-refractivity contribution in [1.82, 2.24) is 10.6 Å². The van der Waals surface area contributed by atoms with Gasteiger partial charge in [0.2, 0.25) is 5.91 Å². The van der Waals surface area contributed by atoms with E-state index in [2.05, 4.69) is 10.6 Å². The van der Waals surface area contributed by atoms with Crippen molar-refractivity contribution in [3.63, 3.8) is 0 Å². The van der Waals surface area contributed by atoms with Crippen LogP contribution in [0.25, 0.3) is 0 Å². The Balaban J connectivity index is 1.69. The van der Waals surface area contributed by atoms with Crippen LogP contribution in [-0.4, -0.2) is 35.6 Å². The Bertz CT molecular complexity index is 610. The van der Waals surface area contributed by atoms with Gasteiger partial charge in [-0.05, 0) is 49.8 Å². The number of hydrogen-bond donors (Lipinski definition) is 4. The Kier molecular flexibility index (Phi) is 6.17. The van der Waals surface area contributed by atoms with Crippen molar-refractivity contribution in [2.75, 3.05) is 6.54 Å². The first-order valence-corrected chi connectivity index (χ1v) is 8.11. The summed E-state index contributed by atoms with van der Waals surface area (Å²) >= 11 is 0. The van der Waals surface area contributed by atoms with E-state index >= 15 is 0 Å². The number of amides is 3. The lowest BCUT2D eigenvalue weighted by Gasteiger charge is -2.26. The first-order valence-electron chi connectivity index (χ1n) is 8.11. The Morgan fingerprint density at radius 2 is 1.88 bits per heavy atom. The fourth-order valence-electron chi connectivity index (χ4n) is 2.92. The Morgan fingerprint density at radius 3 is 2.50 bits per heavy atom. The van der Waals surface area contributed by atoms with Gasteiger partial charge in [-0.1, -0.05) is 12.1 Å². The molecule has 1 aromatic rings. The smallest absolute Gasteiger partial charge is 0.315 e. The van der Waals surface area contributed by atoms with E-state index in [9.17, 15) is 14.4 Å². The second-order valence-corrected chi connectivity index (χ2v) is 6.10. The average Bonchev–Trinajstić information content (AvgIpc) is 2.55. The second kappa shape index (κ2) is 8.33. The van der Waals surface area contributed by atoms with Gasteiger partial charge in [0.05, 0.1) is 5.92 Å². The predicted molar refractivity (Wildman–Crippen MR) is 88.6 cm³/mol. The SMILES string of the molecule is NC(=O)c1cccc(CCNC(=O)NC2CCC(C(=O)O)CC2)c1. The molecule has 3 amide bonds. The molecule has 0 spiro atoms. The van der Waals surface area contributed by atoms with E-state index in [1.165, 1.54) is 0 Å². The topological polar surface area (TPSA) is 122 Å². The second-order valence-electron chi connectivity index (χ2n) is 6.10. The third-order valence-electron chi connectivity index (χ3n) is 4.32. The standard InChI is InChI=1S/C17H23N3O4/c18-15(21)13-3-1-2-11(10-13)8-9-19-17(24)20-14-6-4-12(5-7-14)16(22)23/h1-3,10,12,14H,4-9H2,(H2,18,21)(H,22,23)(H2,19,20,24). The number of carboxylic acid groups (broad SMARTS) is 1. The van der Waals surface area contributed by atoms with Crippen LogP contribution in [0.5, 0.6) is 0 Å². The van der Waals surface area contributed by atoms with Crippen molar-refractivity contribution >= 4 is 17.9 Å². The summed E-state index contributed by atoms with van der Waals surface area (Å²) in [6, 6.07) is 6.78. The zero-order chi connectivity index (χ0) is 17.5. The quantitative estimate of drug-likeness (QED) is 0.626. The van der Waals surface area contributed by atoms with Crippen LogP contribution < -0.4 is 16.4 Å². The predicted octanol–water partition coefficient (Wildman–Crippen LogP) is 1.27. The van der Waals surface area contributed by atoms with Crippen LogP contribution >= 0.6 is 0 Å². The van der Waals surface area contributed by atoms with Crippen LogP contribution in [-0.2, 0) is 11.2 Å². The highest BCUT2D eigenvalue weighted by Gasteiger charge is 2.26. The van der Waals surface area contributed by atoms with Crippen LogP contribution in [0.4, 0.5) is 4.79 Å². The lowest BCUT2D eigenvalue weighted by molar-refractivity contribution is -0.142. The largest absolute Gasteiger partial charge is 0.481 e. The van der Waals surface area contributed by atoms with Crippen LogP contribution in [0, 0.1) is 5.92 Å². The van der Waals surface area contributed by atoms with Crippen LogP contribution in [0.2, 0.25) is 0 Å². The van der Waals surface area contributed by atoms with Crippen LogP contribution in [0.15, 0.2) is 24.3 Å². The monoisotopic (exact) mass is 333 g/mol. The first kappa shape index (κ1) is 17.8. The molecule has 5 N–H and O–H groups in total. The summed E-state index contributed by atoms with van der Waals surface area (Å²) < 4.78 is 0. The van der Waals surface area contributed by atoms with Gasteiger partial charge in [0.25, 0.3) is 0 Å². The van der Waals surface area contributed by atoms with E-state index < -0.39 is 11.9 Å². The van der Waals surface area contributed by atoms with E-state index in [-0.39, 0.29) is 18.0 Å². The number of aliphatic carboxylic acids is 1. The first-order chi connectivity index (χ1) is 11.5. The highest BCUT2D eigenvalue weighted by Crippen LogP contribution is 2.24. The number of nitrogens with two attached hydrogens (primary N) is 1. The summed E-state index contributed by atoms with van der Waals surface area (Å²) in [6.45, 7) is 0.443. The number of benzene rings is 1. The maximum atomic E-state index is 11.9. The molecule has 1 fully saturated rings. The molecule has 7 heteroatoms.